The van der Waals surface area contributed by atoms with Crippen LogP contribution in [-0.4, -0.2) is 17.8 Å². The highest BCUT2D eigenvalue weighted by atomic mass is 16.5. The molecule has 1 aromatic carbocycles. The third-order valence-corrected chi connectivity index (χ3v) is 3.37. The smallest absolute Gasteiger partial charge is 0.155 e. The van der Waals surface area contributed by atoms with Gasteiger partial charge in [-0.15, -0.1) is 0 Å². The second kappa shape index (κ2) is 4.84. The van der Waals surface area contributed by atoms with E-state index in [0.717, 1.165) is 41.4 Å². The minimum atomic E-state index is 0.864. The summed E-state index contributed by atoms with van der Waals surface area (Å²) >= 11 is 0. The van der Waals surface area contributed by atoms with E-state index in [1.54, 1.807) is 7.11 Å². The average molecular weight is 252 g/mol. The lowest BCUT2D eigenvalue weighted by atomic mass is 9.99. The van der Waals surface area contributed by atoms with Gasteiger partial charge in [-0.3, -0.25) is 0 Å². The molecule has 0 saturated carbocycles. The van der Waals surface area contributed by atoms with E-state index in [1.807, 2.05) is 31.2 Å². The number of benzene rings is 1. The summed E-state index contributed by atoms with van der Waals surface area (Å²) in [4.78, 5) is 9.22. The third-order valence-electron chi connectivity index (χ3n) is 3.37. The van der Waals surface area contributed by atoms with Crippen LogP contribution < -0.4 is 4.74 Å². The van der Waals surface area contributed by atoms with Crippen molar-refractivity contribution in [2.75, 3.05) is 7.11 Å². The molecule has 1 aliphatic rings. The molecule has 0 fully saturated rings. The zero-order valence-corrected chi connectivity index (χ0v) is 11.2. The fourth-order valence-electron chi connectivity index (χ4n) is 2.31. The normalized spacial score (nSPS) is 13.7. The van der Waals surface area contributed by atoms with Crippen molar-refractivity contribution in [3.63, 3.8) is 0 Å². The second-order valence-corrected chi connectivity index (χ2v) is 4.73. The SMILES string of the molecule is COc1cccc(C2=Nc3nc(C)ccc3CC2)c1. The summed E-state index contributed by atoms with van der Waals surface area (Å²) in [5.41, 5.74) is 4.45. The van der Waals surface area contributed by atoms with E-state index in [1.165, 1.54) is 5.56 Å². The van der Waals surface area contributed by atoms with Crippen LogP contribution in [0, 0.1) is 6.92 Å². The van der Waals surface area contributed by atoms with Gasteiger partial charge in [-0.25, -0.2) is 9.98 Å². The summed E-state index contributed by atoms with van der Waals surface area (Å²) in [5.74, 6) is 1.73. The van der Waals surface area contributed by atoms with Crippen molar-refractivity contribution in [2.24, 2.45) is 4.99 Å². The number of hydrogen-bond donors (Lipinski definition) is 0. The Morgan fingerprint density at radius 2 is 2.00 bits per heavy atom. The zero-order chi connectivity index (χ0) is 13.2. The van der Waals surface area contributed by atoms with Gasteiger partial charge in [0.25, 0.3) is 0 Å². The Bertz CT molecular complexity index is 647. The van der Waals surface area contributed by atoms with Crippen LogP contribution >= 0.6 is 0 Å². The van der Waals surface area contributed by atoms with Crippen LogP contribution in [0.1, 0.15) is 23.2 Å². The molecule has 19 heavy (non-hydrogen) atoms. The van der Waals surface area contributed by atoms with Gasteiger partial charge in [0, 0.05) is 5.69 Å². The molecule has 2 heterocycles. The number of rotatable bonds is 2. The van der Waals surface area contributed by atoms with E-state index in [2.05, 4.69) is 17.1 Å². The predicted molar refractivity (Wildman–Crippen MR) is 76.5 cm³/mol. The summed E-state index contributed by atoms with van der Waals surface area (Å²) < 4.78 is 5.26. The fourth-order valence-corrected chi connectivity index (χ4v) is 2.31. The number of methoxy groups -OCH3 is 1. The lowest BCUT2D eigenvalue weighted by Gasteiger charge is -2.15. The van der Waals surface area contributed by atoms with Gasteiger partial charge in [-0.1, -0.05) is 18.2 Å². The third kappa shape index (κ3) is 2.36. The molecule has 0 unspecified atom stereocenters. The lowest BCUT2D eigenvalue weighted by molar-refractivity contribution is 0.414. The highest BCUT2D eigenvalue weighted by molar-refractivity contribution is 6.03. The van der Waals surface area contributed by atoms with Crippen LogP contribution in [-0.2, 0) is 6.42 Å². The highest BCUT2D eigenvalue weighted by Gasteiger charge is 2.14. The molecule has 3 rings (SSSR count). The van der Waals surface area contributed by atoms with E-state index in [4.69, 9.17) is 9.73 Å². The van der Waals surface area contributed by atoms with E-state index < -0.39 is 0 Å². The van der Waals surface area contributed by atoms with Gasteiger partial charge in [-0.2, -0.15) is 0 Å². The van der Waals surface area contributed by atoms with Gasteiger partial charge in [0.15, 0.2) is 5.82 Å². The fraction of sp³-hybridized carbons (Fsp3) is 0.250. The molecule has 0 N–H and O–H groups in total. The first-order valence-electron chi connectivity index (χ1n) is 6.45. The number of aromatic nitrogens is 1. The Labute approximate surface area is 113 Å². The number of hydrogen-bond acceptors (Lipinski definition) is 3. The molecule has 2 aromatic rings. The van der Waals surface area contributed by atoms with Crippen LogP contribution in [0.3, 0.4) is 0 Å². The van der Waals surface area contributed by atoms with Crippen LogP contribution in [0.15, 0.2) is 41.4 Å². The minimum absolute atomic E-state index is 0.864. The van der Waals surface area contributed by atoms with Crippen molar-refractivity contribution in [1.82, 2.24) is 4.98 Å². The number of aliphatic imine (C=N–C) groups is 1. The summed E-state index contributed by atoms with van der Waals surface area (Å²) in [7, 11) is 1.68. The Morgan fingerprint density at radius 1 is 1.11 bits per heavy atom. The first-order valence-corrected chi connectivity index (χ1v) is 6.45. The quantitative estimate of drug-likeness (QED) is 0.820. The summed E-state index contributed by atoms with van der Waals surface area (Å²) in [5, 5.41) is 0. The van der Waals surface area contributed by atoms with Crippen LogP contribution in [0.25, 0.3) is 0 Å². The zero-order valence-electron chi connectivity index (χ0n) is 11.2. The summed E-state index contributed by atoms with van der Waals surface area (Å²) in [6, 6.07) is 12.2. The molecule has 0 bridgehead atoms. The molecule has 96 valence electrons. The molecule has 0 aliphatic carbocycles. The van der Waals surface area contributed by atoms with E-state index in [0.29, 0.717) is 0 Å². The monoisotopic (exact) mass is 252 g/mol. The lowest BCUT2D eigenvalue weighted by Crippen LogP contribution is -2.08. The molecular formula is C16H16N2O. The van der Waals surface area contributed by atoms with Crippen molar-refractivity contribution in [1.29, 1.82) is 0 Å². The van der Waals surface area contributed by atoms with Gasteiger partial charge < -0.3 is 4.74 Å². The van der Waals surface area contributed by atoms with Crippen molar-refractivity contribution in [3.8, 4) is 5.75 Å². The van der Waals surface area contributed by atoms with Crippen molar-refractivity contribution < 1.29 is 4.74 Å². The van der Waals surface area contributed by atoms with Crippen LogP contribution in [0.2, 0.25) is 0 Å². The largest absolute Gasteiger partial charge is 0.497 e. The first-order chi connectivity index (χ1) is 9.26. The first kappa shape index (κ1) is 11.9. The minimum Gasteiger partial charge on any atom is -0.497 e. The molecule has 0 amide bonds. The van der Waals surface area contributed by atoms with Gasteiger partial charge in [-0.05, 0) is 49.1 Å². The molecule has 0 atom stereocenters. The molecule has 1 aliphatic heterocycles. The Hall–Kier alpha value is -2.16. The van der Waals surface area contributed by atoms with Crippen molar-refractivity contribution >= 4 is 11.5 Å². The van der Waals surface area contributed by atoms with E-state index >= 15 is 0 Å². The van der Waals surface area contributed by atoms with Crippen molar-refractivity contribution in [2.45, 2.75) is 19.8 Å². The number of fused-ring (bicyclic) bond motifs is 1. The molecule has 3 nitrogen and oxygen atoms in total. The number of pyridine rings is 1. The standard InChI is InChI=1S/C16H16N2O/c1-11-6-7-12-8-9-15(18-16(12)17-11)13-4-3-5-14(10-13)19-2/h3-7,10H,8-9H2,1-2H3. The van der Waals surface area contributed by atoms with Gasteiger partial charge in [0.2, 0.25) is 0 Å². The second-order valence-electron chi connectivity index (χ2n) is 4.73. The van der Waals surface area contributed by atoms with Crippen LogP contribution in [0.5, 0.6) is 5.75 Å². The van der Waals surface area contributed by atoms with Crippen molar-refractivity contribution in [3.05, 3.63) is 53.2 Å². The topological polar surface area (TPSA) is 34.5 Å². The molecule has 1 aromatic heterocycles. The van der Waals surface area contributed by atoms with Gasteiger partial charge >= 0.3 is 0 Å². The molecular weight excluding hydrogens is 236 g/mol. The maximum atomic E-state index is 5.26. The maximum absolute atomic E-state index is 5.26. The summed E-state index contributed by atoms with van der Waals surface area (Å²) in [6.07, 6.45) is 1.95. The van der Waals surface area contributed by atoms with E-state index in [9.17, 15) is 0 Å². The molecule has 0 spiro atoms. The van der Waals surface area contributed by atoms with Gasteiger partial charge in [0.05, 0.1) is 12.8 Å². The number of ether oxygens (including phenoxy) is 1. The number of aryl methyl sites for hydroxylation is 2. The molecule has 3 heteroatoms. The molecule has 0 saturated heterocycles. The average Bonchev–Trinajstić information content (AvgIpc) is 2.46. The Kier molecular flexibility index (Phi) is 3.03. The predicted octanol–water partition coefficient (Wildman–Crippen LogP) is 3.47. The Balaban J connectivity index is 2.02. The Morgan fingerprint density at radius 3 is 2.84 bits per heavy atom. The maximum Gasteiger partial charge on any atom is 0.155 e. The van der Waals surface area contributed by atoms with Crippen LogP contribution in [0.4, 0.5) is 5.82 Å². The number of nitrogens with zero attached hydrogens (tertiary/aromatic N) is 2. The summed E-state index contributed by atoms with van der Waals surface area (Å²) in [6.45, 7) is 2.00. The highest BCUT2D eigenvalue weighted by Crippen LogP contribution is 2.27. The van der Waals surface area contributed by atoms with E-state index in [-0.39, 0.29) is 0 Å². The molecule has 0 radical (unpaired) electrons. The van der Waals surface area contributed by atoms with Gasteiger partial charge in [0.1, 0.15) is 5.75 Å².